The average molecular weight is 331 g/mol. The number of rotatable bonds is 5. The second-order valence-electron chi connectivity index (χ2n) is 5.71. The number of nitrogens with zero attached hydrogens (tertiary/aromatic N) is 1. The number of hydrogen-bond acceptors (Lipinski definition) is 5. The SMILES string of the molecule is Cc1nc(NCc2cccc(NC(=O)C3CCCO3)c2)sc1C. The standard InChI is InChI=1S/C17H21N3O2S/c1-11-12(2)23-17(19-11)18-10-13-5-3-6-14(9-13)20-16(21)15-7-4-8-22-15/h3,5-6,9,15H,4,7-8,10H2,1-2H3,(H,18,19)(H,20,21). The maximum atomic E-state index is 12.1. The molecule has 0 spiro atoms. The summed E-state index contributed by atoms with van der Waals surface area (Å²) in [6.45, 7) is 5.43. The van der Waals surface area contributed by atoms with Crippen LogP contribution in [0.1, 0.15) is 29.0 Å². The molecule has 0 saturated carbocycles. The summed E-state index contributed by atoms with van der Waals surface area (Å²) in [6.07, 6.45) is 1.45. The number of hydrogen-bond donors (Lipinski definition) is 2. The van der Waals surface area contributed by atoms with Gasteiger partial charge >= 0.3 is 0 Å². The summed E-state index contributed by atoms with van der Waals surface area (Å²) in [6, 6.07) is 7.85. The maximum absolute atomic E-state index is 12.1. The molecule has 2 N–H and O–H groups in total. The topological polar surface area (TPSA) is 63.2 Å². The predicted octanol–water partition coefficient (Wildman–Crippen LogP) is 3.49. The lowest BCUT2D eigenvalue weighted by molar-refractivity contribution is -0.124. The van der Waals surface area contributed by atoms with E-state index in [4.69, 9.17) is 4.74 Å². The van der Waals surface area contributed by atoms with E-state index in [1.165, 1.54) is 4.88 Å². The number of aromatic nitrogens is 1. The minimum Gasteiger partial charge on any atom is -0.368 e. The number of amides is 1. The summed E-state index contributed by atoms with van der Waals surface area (Å²) in [5, 5.41) is 7.18. The smallest absolute Gasteiger partial charge is 0.253 e. The zero-order valence-corrected chi connectivity index (χ0v) is 14.2. The molecule has 1 aromatic carbocycles. The fourth-order valence-corrected chi connectivity index (χ4v) is 3.30. The van der Waals surface area contributed by atoms with Gasteiger partial charge in [0.25, 0.3) is 5.91 Å². The van der Waals surface area contributed by atoms with Gasteiger partial charge in [-0.05, 0) is 44.4 Å². The first-order chi connectivity index (χ1) is 11.1. The van der Waals surface area contributed by atoms with E-state index in [-0.39, 0.29) is 12.0 Å². The van der Waals surface area contributed by atoms with E-state index in [0.29, 0.717) is 13.2 Å². The molecule has 1 fully saturated rings. The van der Waals surface area contributed by atoms with Crippen molar-refractivity contribution >= 4 is 28.1 Å². The third kappa shape index (κ3) is 4.09. The number of anilines is 2. The Morgan fingerprint density at radius 2 is 2.30 bits per heavy atom. The van der Waals surface area contributed by atoms with E-state index in [1.54, 1.807) is 11.3 Å². The Kier molecular flexibility index (Phi) is 4.93. The first-order valence-electron chi connectivity index (χ1n) is 7.81. The number of carbonyl (C=O) groups excluding carboxylic acids is 1. The lowest BCUT2D eigenvalue weighted by atomic mass is 10.2. The Hall–Kier alpha value is -1.92. The first-order valence-corrected chi connectivity index (χ1v) is 8.63. The van der Waals surface area contributed by atoms with Crippen LogP contribution in [0.25, 0.3) is 0 Å². The molecule has 23 heavy (non-hydrogen) atoms. The van der Waals surface area contributed by atoms with Gasteiger partial charge in [0.2, 0.25) is 0 Å². The van der Waals surface area contributed by atoms with Gasteiger partial charge in [0, 0.05) is 23.7 Å². The number of nitrogens with one attached hydrogen (secondary N) is 2. The van der Waals surface area contributed by atoms with Gasteiger partial charge in [-0.2, -0.15) is 0 Å². The van der Waals surface area contributed by atoms with E-state index >= 15 is 0 Å². The number of thiazole rings is 1. The van der Waals surface area contributed by atoms with Crippen LogP contribution in [0, 0.1) is 13.8 Å². The summed E-state index contributed by atoms with van der Waals surface area (Å²) in [7, 11) is 0. The van der Waals surface area contributed by atoms with Crippen molar-refractivity contribution in [3.63, 3.8) is 0 Å². The molecule has 1 aliphatic heterocycles. The van der Waals surface area contributed by atoms with Gasteiger partial charge < -0.3 is 15.4 Å². The summed E-state index contributed by atoms with van der Waals surface area (Å²) in [5.74, 6) is -0.0567. The largest absolute Gasteiger partial charge is 0.368 e. The van der Waals surface area contributed by atoms with E-state index < -0.39 is 0 Å². The minimum absolute atomic E-state index is 0.0567. The highest BCUT2D eigenvalue weighted by atomic mass is 32.1. The van der Waals surface area contributed by atoms with Crippen LogP contribution in [-0.4, -0.2) is 23.6 Å². The predicted molar refractivity (Wildman–Crippen MR) is 93.0 cm³/mol. The monoisotopic (exact) mass is 331 g/mol. The van der Waals surface area contributed by atoms with Crippen molar-refractivity contribution in [3.05, 3.63) is 40.4 Å². The van der Waals surface area contributed by atoms with E-state index in [2.05, 4.69) is 22.5 Å². The highest BCUT2D eigenvalue weighted by Gasteiger charge is 2.23. The summed E-state index contributed by atoms with van der Waals surface area (Å²) in [4.78, 5) is 17.8. The van der Waals surface area contributed by atoms with Gasteiger partial charge in [-0.1, -0.05) is 12.1 Å². The molecule has 1 atom stereocenters. The van der Waals surface area contributed by atoms with Gasteiger partial charge in [0.1, 0.15) is 6.10 Å². The highest BCUT2D eigenvalue weighted by molar-refractivity contribution is 7.15. The molecule has 3 rings (SSSR count). The lowest BCUT2D eigenvalue weighted by Gasteiger charge is -2.11. The Labute approximate surface area is 140 Å². The van der Waals surface area contributed by atoms with E-state index in [0.717, 1.165) is 34.9 Å². The van der Waals surface area contributed by atoms with Crippen LogP contribution >= 0.6 is 11.3 Å². The summed E-state index contributed by atoms with van der Waals surface area (Å²) >= 11 is 1.66. The molecule has 5 nitrogen and oxygen atoms in total. The Bertz CT molecular complexity index is 673. The van der Waals surface area contributed by atoms with Gasteiger partial charge in [-0.3, -0.25) is 4.79 Å². The van der Waals surface area contributed by atoms with Crippen molar-refractivity contribution in [2.45, 2.75) is 39.3 Å². The van der Waals surface area contributed by atoms with Crippen molar-refractivity contribution in [2.75, 3.05) is 17.2 Å². The molecule has 0 radical (unpaired) electrons. The summed E-state index contributed by atoms with van der Waals surface area (Å²) in [5.41, 5.74) is 2.96. The van der Waals surface area contributed by atoms with Crippen LogP contribution in [0.3, 0.4) is 0 Å². The molecule has 1 saturated heterocycles. The second kappa shape index (κ2) is 7.10. The zero-order valence-electron chi connectivity index (χ0n) is 13.4. The molecule has 2 aromatic rings. The van der Waals surface area contributed by atoms with Crippen LogP contribution in [-0.2, 0) is 16.1 Å². The Morgan fingerprint density at radius 1 is 1.43 bits per heavy atom. The molecule has 1 amide bonds. The fraction of sp³-hybridized carbons (Fsp3) is 0.412. The second-order valence-corrected chi connectivity index (χ2v) is 6.91. The number of benzene rings is 1. The van der Waals surface area contributed by atoms with Crippen LogP contribution in [0.2, 0.25) is 0 Å². The molecule has 0 aliphatic carbocycles. The van der Waals surface area contributed by atoms with Crippen molar-refractivity contribution in [3.8, 4) is 0 Å². The van der Waals surface area contributed by atoms with E-state index in [1.807, 2.05) is 31.2 Å². The lowest BCUT2D eigenvalue weighted by Crippen LogP contribution is -2.26. The molecule has 0 bridgehead atoms. The van der Waals surface area contributed by atoms with Crippen molar-refractivity contribution in [1.82, 2.24) is 4.98 Å². The molecule has 2 heterocycles. The first kappa shape index (κ1) is 16.0. The molecular formula is C17H21N3O2S. The number of carbonyl (C=O) groups is 1. The van der Waals surface area contributed by atoms with Crippen molar-refractivity contribution in [2.24, 2.45) is 0 Å². The third-order valence-electron chi connectivity index (χ3n) is 3.89. The highest BCUT2D eigenvalue weighted by Crippen LogP contribution is 2.22. The van der Waals surface area contributed by atoms with E-state index in [9.17, 15) is 4.79 Å². The molecular weight excluding hydrogens is 310 g/mol. The van der Waals surface area contributed by atoms with Gasteiger partial charge in [-0.25, -0.2) is 4.98 Å². The van der Waals surface area contributed by atoms with Gasteiger partial charge in [0.05, 0.1) is 5.69 Å². The molecule has 6 heteroatoms. The fourth-order valence-electron chi connectivity index (χ4n) is 2.49. The minimum atomic E-state index is -0.307. The summed E-state index contributed by atoms with van der Waals surface area (Å²) < 4.78 is 5.40. The van der Waals surface area contributed by atoms with Crippen LogP contribution < -0.4 is 10.6 Å². The van der Waals surface area contributed by atoms with Crippen LogP contribution in [0.15, 0.2) is 24.3 Å². The average Bonchev–Trinajstić information content (AvgIpc) is 3.16. The van der Waals surface area contributed by atoms with Gasteiger partial charge in [-0.15, -0.1) is 11.3 Å². The number of aryl methyl sites for hydroxylation is 2. The molecule has 1 aliphatic rings. The molecule has 1 unspecified atom stereocenters. The van der Waals surface area contributed by atoms with Crippen molar-refractivity contribution in [1.29, 1.82) is 0 Å². The van der Waals surface area contributed by atoms with Crippen LogP contribution in [0.5, 0.6) is 0 Å². The van der Waals surface area contributed by atoms with Crippen LogP contribution in [0.4, 0.5) is 10.8 Å². The zero-order chi connectivity index (χ0) is 16.2. The third-order valence-corrected chi connectivity index (χ3v) is 4.92. The molecule has 122 valence electrons. The quantitative estimate of drug-likeness (QED) is 0.880. The molecule has 1 aromatic heterocycles. The maximum Gasteiger partial charge on any atom is 0.253 e. The van der Waals surface area contributed by atoms with Gasteiger partial charge in [0.15, 0.2) is 5.13 Å². The van der Waals surface area contributed by atoms with Crippen molar-refractivity contribution < 1.29 is 9.53 Å². The number of ether oxygens (including phenoxy) is 1. The normalized spacial score (nSPS) is 17.2. The Morgan fingerprint density at radius 3 is 3.00 bits per heavy atom. The Balaban J connectivity index is 1.59.